The fraction of sp³-hybridized carbons (Fsp3) is 0.537. The minimum Gasteiger partial charge on any atom is -0.506 e. The first-order valence-corrected chi connectivity index (χ1v) is 18.3. The van der Waals surface area contributed by atoms with Gasteiger partial charge in [-0.1, -0.05) is 29.4 Å². The first-order chi connectivity index (χ1) is 24.6. The van der Waals surface area contributed by atoms with Gasteiger partial charge in [0.2, 0.25) is 5.95 Å². The van der Waals surface area contributed by atoms with E-state index >= 15 is 4.79 Å². The number of hydrogen-bond acceptors (Lipinski definition) is 10. The molecule has 0 radical (unpaired) electrons. The van der Waals surface area contributed by atoms with Crippen LogP contribution in [-0.4, -0.2) is 66.8 Å². The Hall–Kier alpha value is -4.51. The molecule has 7 atom stereocenters. The normalized spacial score (nSPS) is 32.4. The number of aromatic hydroxyl groups is 1. The highest BCUT2D eigenvalue weighted by Gasteiger charge is 2.86. The van der Waals surface area contributed by atoms with Gasteiger partial charge in [-0.25, -0.2) is 14.5 Å². The Morgan fingerprint density at radius 2 is 1.83 bits per heavy atom. The van der Waals surface area contributed by atoms with Crippen LogP contribution in [0.5, 0.6) is 17.2 Å². The molecule has 4 fully saturated rings. The topological polar surface area (TPSA) is 134 Å². The summed E-state index contributed by atoms with van der Waals surface area (Å²) < 4.78 is 28.4. The second-order valence-electron chi connectivity index (χ2n) is 16.6. The van der Waals surface area contributed by atoms with E-state index in [0.29, 0.717) is 52.7 Å². The molecule has 11 nitrogen and oxygen atoms in total. The van der Waals surface area contributed by atoms with E-state index in [-0.39, 0.29) is 23.9 Å². The minimum atomic E-state index is -1.48. The van der Waals surface area contributed by atoms with Gasteiger partial charge in [0, 0.05) is 29.4 Å². The number of Topliss-reactive ketones (excluding diaryl/α,β-unsaturated/α-hetero) is 1. The number of allylic oxidation sites excluding steroid dienone is 4. The summed E-state index contributed by atoms with van der Waals surface area (Å²) in [6, 6.07) is -0.458. The van der Waals surface area contributed by atoms with Crippen LogP contribution in [0.15, 0.2) is 52.3 Å². The van der Waals surface area contributed by atoms with E-state index in [4.69, 9.17) is 23.9 Å². The van der Waals surface area contributed by atoms with Crippen molar-refractivity contribution in [1.29, 1.82) is 0 Å². The number of aromatic nitrogens is 3. The van der Waals surface area contributed by atoms with Crippen molar-refractivity contribution >= 4 is 29.5 Å². The highest BCUT2D eigenvalue weighted by Crippen LogP contribution is 2.73. The van der Waals surface area contributed by atoms with E-state index in [1.807, 2.05) is 39.8 Å². The summed E-state index contributed by atoms with van der Waals surface area (Å²) in [4.78, 5) is 37.5. The number of hydrogen-bond donors (Lipinski definition) is 1. The zero-order valence-electron chi connectivity index (χ0n) is 31.5. The van der Waals surface area contributed by atoms with Crippen molar-refractivity contribution in [3.05, 3.63) is 64.0 Å². The Morgan fingerprint density at radius 1 is 1.08 bits per heavy atom. The molecule has 52 heavy (non-hydrogen) atoms. The fourth-order valence-electron chi connectivity index (χ4n) is 10.0. The second-order valence-corrected chi connectivity index (χ2v) is 16.6. The average molecular weight is 709 g/mol. The lowest BCUT2D eigenvalue weighted by Gasteiger charge is -2.64. The van der Waals surface area contributed by atoms with Crippen molar-refractivity contribution < 1.29 is 33.6 Å². The lowest BCUT2D eigenvalue weighted by Crippen LogP contribution is -2.79. The monoisotopic (exact) mass is 708 g/mol. The lowest BCUT2D eigenvalue weighted by atomic mass is 9.44. The molecule has 9 rings (SSSR count). The van der Waals surface area contributed by atoms with Gasteiger partial charge < -0.3 is 24.1 Å². The van der Waals surface area contributed by atoms with Crippen LogP contribution in [0.25, 0.3) is 6.08 Å². The van der Waals surface area contributed by atoms with Crippen molar-refractivity contribution in [2.75, 3.05) is 7.11 Å². The van der Waals surface area contributed by atoms with Crippen LogP contribution in [0, 0.1) is 17.8 Å². The summed E-state index contributed by atoms with van der Waals surface area (Å²) in [5.74, 6) is -0.430. The Balaban J connectivity index is 1.41. The number of nitrogens with zero attached hydrogens (tertiary/aromatic N) is 4. The predicted molar refractivity (Wildman–Crippen MR) is 195 cm³/mol. The maximum Gasteiger partial charge on any atom is 0.333 e. The third kappa shape index (κ3) is 4.56. The summed E-state index contributed by atoms with van der Waals surface area (Å²) in [7, 11) is 1.34. The zero-order chi connectivity index (χ0) is 37.1. The molecular weight excluding hydrogens is 660 g/mol. The number of carbonyl (C=O) groups excluding carboxylic acids is 2. The Kier molecular flexibility index (Phi) is 7.64. The number of phenols is 1. The van der Waals surface area contributed by atoms with E-state index in [9.17, 15) is 9.90 Å². The molecule has 7 aliphatic rings. The number of esters is 1. The molecule has 3 saturated carbocycles. The van der Waals surface area contributed by atoms with Gasteiger partial charge in [-0.05, 0) is 93.2 Å². The molecule has 1 spiro atoms. The number of fused-ring (bicyclic) bond motifs is 4. The highest BCUT2D eigenvalue weighted by atomic mass is 16.6. The SMILES string of the molecule is COC(=O)C(C)=CCC12OC(C)(C)C3CC(C1=O)C1C4C(=Nc5ncnn51)c1c(O)c5c(c(CC=C(C)C)c1OC432)OC(C)(CCC=C(C)C)C=C5. The van der Waals surface area contributed by atoms with Crippen molar-refractivity contribution in [2.45, 2.75) is 116 Å². The van der Waals surface area contributed by atoms with Gasteiger partial charge >= 0.3 is 5.97 Å². The summed E-state index contributed by atoms with van der Waals surface area (Å²) in [6.45, 7) is 16.1. The third-order valence-electron chi connectivity index (χ3n) is 12.3. The molecule has 1 saturated heterocycles. The molecule has 274 valence electrons. The Labute approximate surface area is 304 Å². The average Bonchev–Trinajstić information content (AvgIpc) is 3.61. The molecule has 11 heteroatoms. The molecule has 0 amide bonds. The predicted octanol–water partition coefficient (Wildman–Crippen LogP) is 7.10. The largest absolute Gasteiger partial charge is 0.506 e. The van der Waals surface area contributed by atoms with Gasteiger partial charge in [0.1, 0.15) is 29.2 Å². The molecule has 1 aromatic carbocycles. The van der Waals surface area contributed by atoms with E-state index < -0.39 is 46.3 Å². The van der Waals surface area contributed by atoms with Crippen molar-refractivity contribution in [1.82, 2.24) is 14.8 Å². The molecular formula is C41H48N4O7. The van der Waals surface area contributed by atoms with E-state index in [0.717, 1.165) is 24.0 Å². The number of carbonyl (C=O) groups is 2. The zero-order valence-corrected chi connectivity index (χ0v) is 31.5. The lowest BCUT2D eigenvalue weighted by molar-refractivity contribution is -0.207. The quantitative estimate of drug-likeness (QED) is 0.173. The summed E-state index contributed by atoms with van der Waals surface area (Å²) >= 11 is 0. The van der Waals surface area contributed by atoms with Crippen molar-refractivity contribution in [3.63, 3.8) is 0 Å². The number of methoxy groups -OCH3 is 1. The van der Waals surface area contributed by atoms with Crippen LogP contribution in [0.1, 0.15) is 104 Å². The first kappa shape index (κ1) is 34.6. The molecule has 7 unspecified atom stereocenters. The minimum absolute atomic E-state index is 0.0182. The van der Waals surface area contributed by atoms with Crippen LogP contribution in [0.2, 0.25) is 0 Å². The van der Waals surface area contributed by atoms with E-state index in [1.165, 1.54) is 19.0 Å². The standard InChI is InChI=1S/C41H48N4O7/c1-21(2)11-10-16-39(8)17-15-24-32(46)28-30-29-31(45-37(44-30)42-20-43-45)26-19-27-38(6,7)52-40(35(26)47,18-14-23(5)36(48)49-9)41(27,29)51-34(28)25(33(24)50-39)13-12-22(3)4/h11-12,14-15,17,20,26-27,29,31,46H,10,13,16,18-19H2,1-9H3. The van der Waals surface area contributed by atoms with Gasteiger partial charge in [0.15, 0.2) is 17.0 Å². The number of aliphatic imine (C=N–C) groups is 1. The number of ketones is 1. The Bertz CT molecular complexity index is 2080. The van der Waals surface area contributed by atoms with Gasteiger partial charge in [0.25, 0.3) is 0 Å². The van der Waals surface area contributed by atoms with Gasteiger partial charge in [-0.3, -0.25) is 4.79 Å². The molecule has 4 bridgehead atoms. The number of benzene rings is 1. The smallest absolute Gasteiger partial charge is 0.333 e. The maximum absolute atomic E-state index is 15.2. The van der Waals surface area contributed by atoms with Gasteiger partial charge in [0.05, 0.1) is 41.5 Å². The molecule has 1 N–H and O–H groups in total. The molecule has 4 aliphatic heterocycles. The molecule has 3 aliphatic carbocycles. The van der Waals surface area contributed by atoms with Gasteiger partial charge in [-0.2, -0.15) is 10.1 Å². The first-order valence-electron chi connectivity index (χ1n) is 18.3. The molecule has 5 heterocycles. The van der Waals surface area contributed by atoms with Crippen LogP contribution >= 0.6 is 0 Å². The number of ether oxygens (including phenoxy) is 4. The molecule has 2 aromatic rings. The van der Waals surface area contributed by atoms with Crippen LogP contribution in [-0.2, 0) is 25.5 Å². The van der Waals surface area contributed by atoms with Crippen LogP contribution in [0.3, 0.4) is 0 Å². The number of phenolic OH excluding ortho intramolecular Hbond substituents is 1. The van der Waals surface area contributed by atoms with E-state index in [1.54, 1.807) is 17.7 Å². The van der Waals surface area contributed by atoms with Crippen LogP contribution < -0.4 is 9.47 Å². The number of rotatable bonds is 8. The maximum atomic E-state index is 15.2. The third-order valence-corrected chi connectivity index (χ3v) is 12.3. The van der Waals surface area contributed by atoms with E-state index in [2.05, 4.69) is 43.0 Å². The van der Waals surface area contributed by atoms with Crippen LogP contribution in [0.4, 0.5) is 5.95 Å². The summed E-state index contributed by atoms with van der Waals surface area (Å²) in [5.41, 5.74) is 0.999. The van der Waals surface area contributed by atoms with Crippen molar-refractivity contribution in [2.24, 2.45) is 22.7 Å². The molecule has 1 aromatic heterocycles. The van der Waals surface area contributed by atoms with Gasteiger partial charge in [-0.15, -0.1) is 0 Å². The van der Waals surface area contributed by atoms with Crippen molar-refractivity contribution in [3.8, 4) is 17.2 Å². The highest BCUT2D eigenvalue weighted by molar-refractivity contribution is 6.14. The second kappa shape index (κ2) is 11.5. The summed E-state index contributed by atoms with van der Waals surface area (Å²) in [6.07, 6.45) is 14.2. The fourth-order valence-corrected chi connectivity index (χ4v) is 10.0. The Morgan fingerprint density at radius 3 is 2.54 bits per heavy atom. The summed E-state index contributed by atoms with van der Waals surface area (Å²) in [5, 5.41) is 17.0.